The lowest BCUT2D eigenvalue weighted by Crippen LogP contribution is -2.46. The third kappa shape index (κ3) is 8.09. The molecule has 0 fully saturated rings. The van der Waals surface area contributed by atoms with Crippen molar-refractivity contribution < 1.29 is 9.59 Å². The van der Waals surface area contributed by atoms with E-state index in [1.807, 2.05) is 51.1 Å². The van der Waals surface area contributed by atoms with Gasteiger partial charge in [-0.2, -0.15) is 10.2 Å². The predicted molar refractivity (Wildman–Crippen MR) is 111 cm³/mol. The molecule has 0 saturated carbocycles. The quantitative estimate of drug-likeness (QED) is 0.714. The van der Waals surface area contributed by atoms with E-state index in [4.69, 9.17) is 0 Å². The lowest BCUT2D eigenvalue weighted by atomic mass is 10.1. The van der Waals surface area contributed by atoms with Crippen molar-refractivity contribution in [1.29, 1.82) is 0 Å². The van der Waals surface area contributed by atoms with Crippen LogP contribution in [0, 0.1) is 0 Å². The Balaban J connectivity index is 1.82. The SMILES string of the molecule is CN(CC(=O)Nc1ccc(N=Nc2ccccc2)cc1)CC(=O)NC(C)(C)C. The topological polar surface area (TPSA) is 86.2 Å². The van der Waals surface area contributed by atoms with Crippen molar-refractivity contribution in [2.24, 2.45) is 10.2 Å². The molecule has 2 aromatic rings. The lowest BCUT2D eigenvalue weighted by molar-refractivity contribution is -0.124. The molecule has 0 aliphatic rings. The van der Waals surface area contributed by atoms with Crippen LogP contribution < -0.4 is 10.6 Å². The van der Waals surface area contributed by atoms with Crippen LogP contribution in [0.2, 0.25) is 0 Å². The number of carbonyl (C=O) groups excluding carboxylic acids is 2. The summed E-state index contributed by atoms with van der Waals surface area (Å²) < 4.78 is 0. The number of nitrogens with zero attached hydrogens (tertiary/aromatic N) is 3. The van der Waals surface area contributed by atoms with Gasteiger partial charge in [0, 0.05) is 11.2 Å². The maximum atomic E-state index is 12.2. The average molecular weight is 381 g/mol. The molecule has 2 amide bonds. The van der Waals surface area contributed by atoms with Crippen LogP contribution in [-0.4, -0.2) is 42.4 Å². The second kappa shape index (κ2) is 9.75. The molecule has 7 nitrogen and oxygen atoms in total. The van der Waals surface area contributed by atoms with Crippen molar-refractivity contribution >= 4 is 28.9 Å². The van der Waals surface area contributed by atoms with Crippen LogP contribution in [-0.2, 0) is 9.59 Å². The van der Waals surface area contributed by atoms with Gasteiger partial charge in [0.25, 0.3) is 0 Å². The number of likely N-dealkylation sites (N-methyl/N-ethyl adjacent to an activating group) is 1. The molecule has 2 rings (SSSR count). The molecule has 0 aliphatic heterocycles. The minimum atomic E-state index is -0.292. The lowest BCUT2D eigenvalue weighted by Gasteiger charge is -2.23. The first-order chi connectivity index (χ1) is 13.2. The van der Waals surface area contributed by atoms with E-state index in [1.165, 1.54) is 0 Å². The van der Waals surface area contributed by atoms with Crippen LogP contribution in [0.4, 0.5) is 17.1 Å². The van der Waals surface area contributed by atoms with Gasteiger partial charge in [0.1, 0.15) is 0 Å². The number of hydrogen-bond acceptors (Lipinski definition) is 5. The molecule has 7 heteroatoms. The fraction of sp³-hybridized carbons (Fsp3) is 0.333. The number of nitrogens with one attached hydrogen (secondary N) is 2. The van der Waals surface area contributed by atoms with Gasteiger partial charge in [-0.3, -0.25) is 14.5 Å². The van der Waals surface area contributed by atoms with E-state index in [2.05, 4.69) is 20.9 Å². The molecule has 0 atom stereocenters. The highest BCUT2D eigenvalue weighted by molar-refractivity contribution is 5.92. The third-order valence-electron chi connectivity index (χ3n) is 3.53. The number of rotatable bonds is 7. The zero-order chi connectivity index (χ0) is 20.6. The van der Waals surface area contributed by atoms with E-state index >= 15 is 0 Å². The fourth-order valence-corrected chi connectivity index (χ4v) is 2.43. The number of anilines is 1. The fourth-order valence-electron chi connectivity index (χ4n) is 2.43. The van der Waals surface area contributed by atoms with Gasteiger partial charge in [0.15, 0.2) is 0 Å². The predicted octanol–water partition coefficient (Wildman–Crippen LogP) is 3.89. The summed E-state index contributed by atoms with van der Waals surface area (Å²) in [6, 6.07) is 16.6. The summed E-state index contributed by atoms with van der Waals surface area (Å²) in [5, 5.41) is 14.0. The Morgan fingerprint density at radius 1 is 0.857 bits per heavy atom. The minimum Gasteiger partial charge on any atom is -0.350 e. The number of carbonyl (C=O) groups is 2. The Morgan fingerprint density at radius 2 is 1.39 bits per heavy atom. The Hall–Kier alpha value is -3.06. The monoisotopic (exact) mass is 381 g/mol. The molecule has 0 spiro atoms. The van der Waals surface area contributed by atoms with Crippen molar-refractivity contribution in [3.63, 3.8) is 0 Å². The number of benzene rings is 2. The van der Waals surface area contributed by atoms with Crippen LogP contribution in [0.3, 0.4) is 0 Å². The first-order valence-electron chi connectivity index (χ1n) is 9.07. The van der Waals surface area contributed by atoms with Crippen molar-refractivity contribution in [3.05, 3.63) is 54.6 Å². The molecular formula is C21H27N5O2. The van der Waals surface area contributed by atoms with Gasteiger partial charge in [-0.05, 0) is 64.2 Å². The van der Waals surface area contributed by atoms with Gasteiger partial charge < -0.3 is 10.6 Å². The van der Waals surface area contributed by atoms with E-state index in [-0.39, 0.29) is 30.4 Å². The first-order valence-corrected chi connectivity index (χ1v) is 9.07. The molecular weight excluding hydrogens is 354 g/mol. The molecule has 2 N–H and O–H groups in total. The van der Waals surface area contributed by atoms with Crippen LogP contribution >= 0.6 is 0 Å². The highest BCUT2D eigenvalue weighted by Crippen LogP contribution is 2.20. The number of hydrogen-bond donors (Lipinski definition) is 2. The third-order valence-corrected chi connectivity index (χ3v) is 3.53. The standard InChI is InChI=1S/C21H27N5O2/c1-21(2,3)23-20(28)15-26(4)14-19(27)22-16-10-12-18(13-11-16)25-24-17-8-6-5-7-9-17/h5-13H,14-15H2,1-4H3,(H,22,27)(H,23,28). The van der Waals surface area contributed by atoms with E-state index in [1.54, 1.807) is 36.2 Å². The van der Waals surface area contributed by atoms with Gasteiger partial charge >= 0.3 is 0 Å². The maximum absolute atomic E-state index is 12.2. The summed E-state index contributed by atoms with van der Waals surface area (Å²) in [5.74, 6) is -0.305. The molecule has 0 unspecified atom stereocenters. The normalized spacial score (nSPS) is 11.6. The average Bonchev–Trinajstić information content (AvgIpc) is 2.60. The highest BCUT2D eigenvalue weighted by Gasteiger charge is 2.16. The Bertz CT molecular complexity index is 811. The van der Waals surface area contributed by atoms with Gasteiger partial charge in [-0.15, -0.1) is 0 Å². The van der Waals surface area contributed by atoms with E-state index in [0.29, 0.717) is 11.4 Å². The Labute approximate surface area is 165 Å². The van der Waals surface area contributed by atoms with Crippen LogP contribution in [0.15, 0.2) is 64.8 Å². The van der Waals surface area contributed by atoms with Gasteiger partial charge in [0.2, 0.25) is 11.8 Å². The minimum absolute atomic E-state index is 0.115. The summed E-state index contributed by atoms with van der Waals surface area (Å²) in [7, 11) is 1.73. The summed E-state index contributed by atoms with van der Waals surface area (Å²) in [4.78, 5) is 25.7. The summed E-state index contributed by atoms with van der Waals surface area (Å²) in [5.41, 5.74) is 1.84. The van der Waals surface area contributed by atoms with Crippen molar-refractivity contribution in [2.45, 2.75) is 26.3 Å². The summed E-state index contributed by atoms with van der Waals surface area (Å²) in [6.45, 7) is 6.03. The molecule has 2 aromatic carbocycles. The van der Waals surface area contributed by atoms with Crippen molar-refractivity contribution in [1.82, 2.24) is 10.2 Å². The van der Waals surface area contributed by atoms with E-state index in [9.17, 15) is 9.59 Å². The van der Waals surface area contributed by atoms with Gasteiger partial charge in [-0.25, -0.2) is 0 Å². The smallest absolute Gasteiger partial charge is 0.238 e. The zero-order valence-corrected chi connectivity index (χ0v) is 16.8. The maximum Gasteiger partial charge on any atom is 0.238 e. The molecule has 0 aromatic heterocycles. The molecule has 0 heterocycles. The molecule has 0 radical (unpaired) electrons. The van der Waals surface area contributed by atoms with Crippen LogP contribution in [0.25, 0.3) is 0 Å². The number of amides is 2. The molecule has 148 valence electrons. The summed E-state index contributed by atoms with van der Waals surface area (Å²) in [6.07, 6.45) is 0. The second-order valence-electron chi connectivity index (χ2n) is 7.60. The molecule has 0 saturated heterocycles. The highest BCUT2D eigenvalue weighted by atomic mass is 16.2. The van der Waals surface area contributed by atoms with Crippen molar-refractivity contribution in [2.75, 3.05) is 25.5 Å². The zero-order valence-electron chi connectivity index (χ0n) is 16.8. The first kappa shape index (κ1) is 21.2. The van der Waals surface area contributed by atoms with Crippen LogP contribution in [0.1, 0.15) is 20.8 Å². The largest absolute Gasteiger partial charge is 0.350 e. The molecule has 28 heavy (non-hydrogen) atoms. The van der Waals surface area contributed by atoms with Gasteiger partial charge in [-0.1, -0.05) is 18.2 Å². The molecule has 0 bridgehead atoms. The second-order valence-corrected chi connectivity index (χ2v) is 7.60. The Kier molecular flexibility index (Phi) is 7.40. The Morgan fingerprint density at radius 3 is 1.96 bits per heavy atom. The van der Waals surface area contributed by atoms with Crippen LogP contribution in [0.5, 0.6) is 0 Å². The van der Waals surface area contributed by atoms with E-state index < -0.39 is 0 Å². The summed E-state index contributed by atoms with van der Waals surface area (Å²) >= 11 is 0. The number of azo groups is 1. The van der Waals surface area contributed by atoms with E-state index in [0.717, 1.165) is 5.69 Å². The van der Waals surface area contributed by atoms with Crippen molar-refractivity contribution in [3.8, 4) is 0 Å². The molecule has 0 aliphatic carbocycles. The van der Waals surface area contributed by atoms with Gasteiger partial charge in [0.05, 0.1) is 24.5 Å².